The Morgan fingerprint density at radius 1 is 1.05 bits per heavy atom. The smallest absolute Gasteiger partial charge is 0.162 e. The summed E-state index contributed by atoms with van der Waals surface area (Å²) in [5.74, 6) is 1.83. The zero-order valence-corrected chi connectivity index (χ0v) is 13.7. The van der Waals surface area contributed by atoms with Crippen LogP contribution in [-0.2, 0) is 0 Å². The van der Waals surface area contributed by atoms with E-state index in [0.29, 0.717) is 24.9 Å². The second-order valence-corrected chi connectivity index (χ2v) is 5.55. The van der Waals surface area contributed by atoms with Crippen LogP contribution in [0.15, 0.2) is 12.1 Å². The lowest BCUT2D eigenvalue weighted by Crippen LogP contribution is -2.15. The van der Waals surface area contributed by atoms with E-state index in [0.717, 1.165) is 29.2 Å². The third-order valence-electron chi connectivity index (χ3n) is 3.25. The van der Waals surface area contributed by atoms with Crippen molar-refractivity contribution in [1.29, 1.82) is 0 Å². The highest BCUT2D eigenvalue weighted by molar-refractivity contribution is 6.31. The molecule has 0 spiro atoms. The predicted molar refractivity (Wildman–Crippen MR) is 85.1 cm³/mol. The van der Waals surface area contributed by atoms with E-state index in [2.05, 4.69) is 6.92 Å². The molecule has 0 bridgehead atoms. The van der Waals surface area contributed by atoms with Gasteiger partial charge >= 0.3 is 0 Å². The molecule has 0 amide bonds. The number of hydrogen-bond donors (Lipinski definition) is 1. The molecule has 0 saturated carbocycles. The molecule has 1 aromatic carbocycles. The number of halogens is 1. The van der Waals surface area contributed by atoms with Gasteiger partial charge in [-0.25, -0.2) is 0 Å². The summed E-state index contributed by atoms with van der Waals surface area (Å²) in [4.78, 5) is 0. The fourth-order valence-electron chi connectivity index (χ4n) is 2.13. The summed E-state index contributed by atoms with van der Waals surface area (Å²) < 4.78 is 11.2. The lowest BCUT2D eigenvalue weighted by molar-refractivity contribution is 0.287. The van der Waals surface area contributed by atoms with Crippen molar-refractivity contribution in [2.24, 2.45) is 5.73 Å². The fraction of sp³-hybridized carbons (Fsp3) is 0.625. The minimum Gasteiger partial charge on any atom is -0.490 e. The van der Waals surface area contributed by atoms with Gasteiger partial charge in [0, 0.05) is 17.1 Å². The van der Waals surface area contributed by atoms with E-state index in [9.17, 15) is 0 Å². The van der Waals surface area contributed by atoms with E-state index >= 15 is 0 Å². The van der Waals surface area contributed by atoms with Crippen LogP contribution >= 0.6 is 11.6 Å². The summed E-state index contributed by atoms with van der Waals surface area (Å²) in [6.07, 6.45) is 1.99. The van der Waals surface area contributed by atoms with Gasteiger partial charge in [0.05, 0.1) is 13.2 Å². The molecule has 2 N–H and O–H groups in total. The summed E-state index contributed by atoms with van der Waals surface area (Å²) in [5, 5.41) is 0.731. The van der Waals surface area contributed by atoms with Crippen LogP contribution in [0, 0.1) is 0 Å². The Labute approximate surface area is 127 Å². The molecular weight excluding hydrogens is 274 g/mol. The molecule has 0 radical (unpaired) electrons. The third-order valence-corrected chi connectivity index (χ3v) is 3.58. The first-order chi connectivity index (χ1) is 9.49. The van der Waals surface area contributed by atoms with Crippen molar-refractivity contribution in [3.63, 3.8) is 0 Å². The highest BCUT2D eigenvalue weighted by atomic mass is 35.5. The van der Waals surface area contributed by atoms with Crippen molar-refractivity contribution < 1.29 is 9.47 Å². The van der Waals surface area contributed by atoms with Gasteiger partial charge in [-0.1, -0.05) is 18.5 Å². The minimum absolute atomic E-state index is 0.213. The second kappa shape index (κ2) is 8.38. The highest BCUT2D eigenvalue weighted by Crippen LogP contribution is 2.38. The van der Waals surface area contributed by atoms with E-state index in [1.54, 1.807) is 0 Å². The number of ether oxygens (including phenoxy) is 2. The lowest BCUT2D eigenvalue weighted by Gasteiger charge is -2.18. The summed E-state index contributed by atoms with van der Waals surface area (Å²) in [5.41, 5.74) is 6.92. The summed E-state index contributed by atoms with van der Waals surface area (Å²) in [6, 6.07) is 4.07. The van der Waals surface area contributed by atoms with Gasteiger partial charge < -0.3 is 15.2 Å². The van der Waals surface area contributed by atoms with Gasteiger partial charge in [-0.05, 0) is 51.2 Å². The first kappa shape index (κ1) is 17.1. The number of hydrogen-bond acceptors (Lipinski definition) is 3. The molecule has 2 unspecified atom stereocenters. The molecule has 114 valence electrons. The molecule has 0 aliphatic rings. The van der Waals surface area contributed by atoms with Gasteiger partial charge in [0.15, 0.2) is 11.5 Å². The Balaban J connectivity index is 2.98. The molecule has 3 nitrogen and oxygen atoms in total. The summed E-state index contributed by atoms with van der Waals surface area (Å²) in [6.45, 7) is 9.30. The first-order valence-electron chi connectivity index (χ1n) is 7.34. The van der Waals surface area contributed by atoms with Crippen LogP contribution in [0.4, 0.5) is 0 Å². The third kappa shape index (κ3) is 4.88. The molecule has 0 fully saturated rings. The van der Waals surface area contributed by atoms with Crippen LogP contribution in [-0.4, -0.2) is 19.3 Å². The molecular formula is C16H26ClNO2. The Bertz CT molecular complexity index is 421. The van der Waals surface area contributed by atoms with E-state index in [1.165, 1.54) is 0 Å². The van der Waals surface area contributed by atoms with Crippen molar-refractivity contribution >= 4 is 11.6 Å². The second-order valence-electron chi connectivity index (χ2n) is 5.14. The summed E-state index contributed by atoms with van der Waals surface area (Å²) >= 11 is 6.38. The standard InChI is InChI=1S/C16H26ClNO2/c1-5-19-15-9-13(11(3)7-8-12(4)18)14(17)10-16(15)20-6-2/h9-12H,5-8,18H2,1-4H3. The van der Waals surface area contributed by atoms with Crippen LogP contribution in [0.5, 0.6) is 11.5 Å². The van der Waals surface area contributed by atoms with Crippen molar-refractivity contribution in [2.75, 3.05) is 13.2 Å². The Morgan fingerprint density at radius 3 is 2.10 bits per heavy atom. The number of nitrogens with two attached hydrogens (primary N) is 1. The molecule has 4 heteroatoms. The van der Waals surface area contributed by atoms with E-state index in [-0.39, 0.29) is 6.04 Å². The monoisotopic (exact) mass is 299 g/mol. The zero-order valence-electron chi connectivity index (χ0n) is 12.9. The van der Waals surface area contributed by atoms with Crippen molar-refractivity contribution in [3.05, 3.63) is 22.7 Å². The Morgan fingerprint density at radius 2 is 1.60 bits per heavy atom. The predicted octanol–water partition coefficient (Wildman–Crippen LogP) is 4.37. The van der Waals surface area contributed by atoms with Crippen molar-refractivity contribution in [3.8, 4) is 11.5 Å². The number of benzene rings is 1. The van der Waals surface area contributed by atoms with Gasteiger partial charge in [0.25, 0.3) is 0 Å². The average Bonchev–Trinajstić information content (AvgIpc) is 2.39. The molecule has 0 heterocycles. The fourth-order valence-corrected chi connectivity index (χ4v) is 2.47. The minimum atomic E-state index is 0.213. The van der Waals surface area contributed by atoms with E-state index in [1.807, 2.05) is 32.9 Å². The summed E-state index contributed by atoms with van der Waals surface area (Å²) in [7, 11) is 0. The van der Waals surface area contributed by atoms with Crippen LogP contribution < -0.4 is 15.2 Å². The maximum atomic E-state index is 6.38. The van der Waals surface area contributed by atoms with Crippen molar-refractivity contribution in [2.45, 2.75) is 52.5 Å². The SMILES string of the molecule is CCOc1cc(Cl)c(C(C)CCC(C)N)cc1OCC. The van der Waals surface area contributed by atoms with E-state index in [4.69, 9.17) is 26.8 Å². The quantitative estimate of drug-likeness (QED) is 0.775. The molecule has 0 aromatic heterocycles. The largest absolute Gasteiger partial charge is 0.490 e. The topological polar surface area (TPSA) is 44.5 Å². The lowest BCUT2D eigenvalue weighted by atomic mass is 9.94. The molecule has 20 heavy (non-hydrogen) atoms. The van der Waals surface area contributed by atoms with Gasteiger partial charge in [0.2, 0.25) is 0 Å². The maximum Gasteiger partial charge on any atom is 0.162 e. The Hall–Kier alpha value is -0.930. The van der Waals surface area contributed by atoms with Crippen LogP contribution in [0.1, 0.15) is 52.0 Å². The van der Waals surface area contributed by atoms with Gasteiger partial charge in [0.1, 0.15) is 0 Å². The van der Waals surface area contributed by atoms with Gasteiger partial charge in [-0.3, -0.25) is 0 Å². The van der Waals surface area contributed by atoms with Crippen LogP contribution in [0.2, 0.25) is 5.02 Å². The molecule has 0 aliphatic carbocycles. The molecule has 1 rings (SSSR count). The van der Waals surface area contributed by atoms with Crippen molar-refractivity contribution in [1.82, 2.24) is 0 Å². The molecule has 0 saturated heterocycles. The Kier molecular flexibility index (Phi) is 7.17. The van der Waals surface area contributed by atoms with E-state index < -0.39 is 0 Å². The molecule has 2 atom stereocenters. The first-order valence-corrected chi connectivity index (χ1v) is 7.71. The normalized spacial score (nSPS) is 13.9. The van der Waals surface area contributed by atoms with Gasteiger partial charge in [-0.15, -0.1) is 0 Å². The molecule has 0 aliphatic heterocycles. The average molecular weight is 300 g/mol. The molecule has 1 aromatic rings. The van der Waals surface area contributed by atoms with Crippen LogP contribution in [0.25, 0.3) is 0 Å². The maximum absolute atomic E-state index is 6.38. The highest BCUT2D eigenvalue weighted by Gasteiger charge is 2.16. The zero-order chi connectivity index (χ0) is 15.1. The van der Waals surface area contributed by atoms with Crippen LogP contribution in [0.3, 0.4) is 0 Å². The van der Waals surface area contributed by atoms with Gasteiger partial charge in [-0.2, -0.15) is 0 Å². The number of rotatable bonds is 8.